The number of carbonyl (C=O) groups is 3. The molecule has 3 amide bonds. The number of rotatable bonds is 9. The molecule has 2 aliphatic heterocycles. The Hall–Kier alpha value is -2.61. The molecular formula is C23H37N4O8S2-. The third-order valence-corrected chi connectivity index (χ3v) is 11.1. The van der Waals surface area contributed by atoms with Crippen LogP contribution in [0, 0.1) is 0 Å². The first-order valence-corrected chi connectivity index (χ1v) is 15.3. The molecule has 0 saturated carbocycles. The molecule has 37 heavy (non-hydrogen) atoms. The Morgan fingerprint density at radius 2 is 0.919 bits per heavy atom. The van der Waals surface area contributed by atoms with Gasteiger partial charge in [-0.05, 0) is 65.3 Å². The lowest BCUT2D eigenvalue weighted by Crippen LogP contribution is -2.61. The van der Waals surface area contributed by atoms with Gasteiger partial charge in [-0.1, -0.05) is 27.7 Å². The highest BCUT2D eigenvalue weighted by molar-refractivity contribution is 7.88. The Kier molecular flexibility index (Phi) is 9.11. The molecule has 12 nitrogen and oxygen atoms in total. The molecule has 1 saturated heterocycles. The molecule has 0 aliphatic carbocycles. The maximum absolute atomic E-state index is 13.4. The molecular weight excluding hydrogens is 524 g/mol. The molecule has 14 heteroatoms. The van der Waals surface area contributed by atoms with Gasteiger partial charge in [0.05, 0.1) is 5.57 Å². The summed E-state index contributed by atoms with van der Waals surface area (Å²) in [5.41, 5.74) is -1.39. The lowest BCUT2D eigenvalue weighted by molar-refractivity contribution is -0.328. The van der Waals surface area contributed by atoms with Crippen molar-refractivity contribution in [3.05, 3.63) is 23.1 Å². The topological polar surface area (TPSA) is 156 Å². The van der Waals surface area contributed by atoms with Crippen LogP contribution in [0.3, 0.4) is 0 Å². The number of hydrogen-bond donors (Lipinski definition) is 0. The minimum Gasteiger partial charge on any atom is -0.859 e. The molecule has 210 valence electrons. The predicted molar refractivity (Wildman–Crippen MR) is 134 cm³/mol. The summed E-state index contributed by atoms with van der Waals surface area (Å²) in [6.07, 6.45) is 1.75. The van der Waals surface area contributed by atoms with E-state index in [1.54, 1.807) is 27.7 Å². The van der Waals surface area contributed by atoms with E-state index >= 15 is 0 Å². The largest absolute Gasteiger partial charge is 0.859 e. The molecule has 0 N–H and O–H groups in total. The molecule has 0 bridgehead atoms. The van der Waals surface area contributed by atoms with E-state index < -0.39 is 79.3 Å². The van der Waals surface area contributed by atoms with Crippen LogP contribution in [0.5, 0.6) is 0 Å². The summed E-state index contributed by atoms with van der Waals surface area (Å²) >= 11 is 0. The molecule has 0 spiro atoms. The number of amides is 3. The van der Waals surface area contributed by atoms with Gasteiger partial charge < -0.3 is 5.11 Å². The van der Waals surface area contributed by atoms with Gasteiger partial charge in [0, 0.05) is 24.2 Å². The normalized spacial score (nSPS) is 23.4. The molecule has 0 aromatic heterocycles. The highest BCUT2D eigenvalue weighted by Crippen LogP contribution is 2.34. The van der Waals surface area contributed by atoms with Crippen molar-refractivity contribution in [1.29, 1.82) is 0 Å². The Morgan fingerprint density at radius 1 is 0.622 bits per heavy atom. The Bertz CT molecular complexity index is 1190. The van der Waals surface area contributed by atoms with E-state index in [-0.39, 0.29) is 25.7 Å². The van der Waals surface area contributed by atoms with Gasteiger partial charge in [-0.2, -0.15) is 16.8 Å². The standard InChI is InChI=1S/C23H38N4O8S2/c1-9-14(5)24-20(28)18(21(29)25(15(6)10-2)36(24,32)33)13-19-22(30)26(16(7)11-3)37(34,35)27(23(19)31)17(8)12-4/h13-17,28H,9-12H2,1-8H3/p-1. The van der Waals surface area contributed by atoms with Crippen LogP contribution in [0.15, 0.2) is 23.1 Å². The fourth-order valence-electron chi connectivity index (χ4n) is 4.03. The van der Waals surface area contributed by atoms with E-state index in [0.717, 1.165) is 6.08 Å². The molecule has 4 unspecified atom stereocenters. The highest BCUT2D eigenvalue weighted by Gasteiger charge is 2.51. The highest BCUT2D eigenvalue weighted by atomic mass is 32.2. The van der Waals surface area contributed by atoms with Gasteiger partial charge in [0.1, 0.15) is 5.57 Å². The molecule has 4 atom stereocenters. The van der Waals surface area contributed by atoms with Crippen LogP contribution in [0.4, 0.5) is 0 Å². The molecule has 0 aromatic rings. The maximum atomic E-state index is 13.4. The van der Waals surface area contributed by atoms with Crippen molar-refractivity contribution in [1.82, 2.24) is 17.2 Å². The quantitative estimate of drug-likeness (QED) is 0.298. The Labute approximate surface area is 219 Å². The van der Waals surface area contributed by atoms with E-state index in [9.17, 15) is 36.3 Å². The summed E-state index contributed by atoms with van der Waals surface area (Å²) in [6, 6.07) is -3.29. The average molecular weight is 562 g/mol. The minimum absolute atomic E-state index is 0.247. The first kappa shape index (κ1) is 30.6. The van der Waals surface area contributed by atoms with E-state index in [0.29, 0.717) is 17.2 Å². The second-order valence-electron chi connectivity index (χ2n) is 9.42. The first-order valence-electron chi connectivity index (χ1n) is 12.5. The first-order chi connectivity index (χ1) is 17.1. The third-order valence-electron chi connectivity index (χ3n) is 6.97. The van der Waals surface area contributed by atoms with Crippen molar-refractivity contribution >= 4 is 38.1 Å². The van der Waals surface area contributed by atoms with Gasteiger partial charge in [-0.3, -0.25) is 18.7 Å². The van der Waals surface area contributed by atoms with Crippen LogP contribution in [-0.2, 0) is 34.8 Å². The maximum Gasteiger partial charge on any atom is 0.331 e. The summed E-state index contributed by atoms with van der Waals surface area (Å²) in [5, 5.41) is 13.4. The minimum atomic E-state index is -4.53. The Balaban J connectivity index is 2.91. The summed E-state index contributed by atoms with van der Waals surface area (Å²) < 4.78 is 55.5. The lowest BCUT2D eigenvalue weighted by Gasteiger charge is -2.45. The molecule has 0 radical (unpaired) electrons. The van der Waals surface area contributed by atoms with Gasteiger partial charge in [-0.15, -0.1) is 0 Å². The lowest BCUT2D eigenvalue weighted by atomic mass is 10.1. The van der Waals surface area contributed by atoms with Gasteiger partial charge in [-0.25, -0.2) is 12.9 Å². The zero-order valence-corrected chi connectivity index (χ0v) is 24.2. The van der Waals surface area contributed by atoms with Gasteiger partial charge in [0.15, 0.2) is 0 Å². The number of nitrogens with zero attached hydrogens (tertiary/aromatic N) is 4. The Morgan fingerprint density at radius 3 is 1.27 bits per heavy atom. The van der Waals surface area contributed by atoms with Crippen LogP contribution in [0.1, 0.15) is 81.1 Å². The fraction of sp³-hybridized carbons (Fsp3) is 0.696. The molecule has 1 fully saturated rings. The smallest absolute Gasteiger partial charge is 0.331 e. The number of hydrogen-bond acceptors (Lipinski definition) is 8. The van der Waals surface area contributed by atoms with E-state index in [4.69, 9.17) is 0 Å². The monoisotopic (exact) mass is 561 g/mol. The van der Waals surface area contributed by atoms with Crippen molar-refractivity contribution in [2.45, 2.75) is 105 Å². The van der Waals surface area contributed by atoms with Crippen LogP contribution in [-0.4, -0.2) is 75.9 Å². The van der Waals surface area contributed by atoms with Crippen molar-refractivity contribution < 1.29 is 36.3 Å². The SMILES string of the molecule is CCC(C)N1C(=O)C(=CC2=C([O-])N(C(C)CC)S(=O)(=O)N(C(C)CC)C2=O)C(=O)N(C(C)CC)S1(=O)=O. The van der Waals surface area contributed by atoms with Crippen LogP contribution >= 0.6 is 0 Å². The van der Waals surface area contributed by atoms with E-state index in [1.807, 2.05) is 0 Å². The van der Waals surface area contributed by atoms with Crippen molar-refractivity contribution in [3.63, 3.8) is 0 Å². The van der Waals surface area contributed by atoms with Gasteiger partial charge in [0.25, 0.3) is 17.7 Å². The average Bonchev–Trinajstić information content (AvgIpc) is 2.81. The van der Waals surface area contributed by atoms with Gasteiger partial charge in [0.2, 0.25) is 0 Å². The van der Waals surface area contributed by atoms with Crippen LogP contribution in [0.2, 0.25) is 0 Å². The van der Waals surface area contributed by atoms with Crippen molar-refractivity contribution in [3.8, 4) is 0 Å². The second-order valence-corrected chi connectivity index (χ2v) is 12.8. The molecule has 2 aliphatic rings. The van der Waals surface area contributed by atoms with Crippen molar-refractivity contribution in [2.75, 3.05) is 0 Å². The fourth-order valence-corrected chi connectivity index (χ4v) is 8.06. The zero-order chi connectivity index (χ0) is 28.6. The summed E-state index contributed by atoms with van der Waals surface area (Å²) in [5.74, 6) is -4.70. The van der Waals surface area contributed by atoms with E-state index in [1.165, 1.54) is 27.7 Å². The van der Waals surface area contributed by atoms with Gasteiger partial charge >= 0.3 is 20.4 Å². The summed E-state index contributed by atoms with van der Waals surface area (Å²) in [4.78, 5) is 40.2. The molecule has 0 aromatic carbocycles. The summed E-state index contributed by atoms with van der Waals surface area (Å²) in [6.45, 7) is 12.7. The zero-order valence-electron chi connectivity index (χ0n) is 22.6. The summed E-state index contributed by atoms with van der Waals surface area (Å²) in [7, 11) is -9.06. The number of carbonyl (C=O) groups excluding carboxylic acids is 3. The van der Waals surface area contributed by atoms with Crippen molar-refractivity contribution in [2.24, 2.45) is 0 Å². The second kappa shape index (κ2) is 11.0. The molecule has 2 heterocycles. The van der Waals surface area contributed by atoms with Crippen LogP contribution < -0.4 is 5.11 Å². The third kappa shape index (κ3) is 4.97. The molecule has 2 rings (SSSR count). The van der Waals surface area contributed by atoms with E-state index in [2.05, 4.69) is 0 Å². The van der Waals surface area contributed by atoms with Crippen LogP contribution in [0.25, 0.3) is 0 Å². The predicted octanol–water partition coefficient (Wildman–Crippen LogP) is 0.983.